The predicted octanol–water partition coefficient (Wildman–Crippen LogP) is 5.39. The van der Waals surface area contributed by atoms with Gasteiger partial charge in [-0.15, -0.1) is 0 Å². The summed E-state index contributed by atoms with van der Waals surface area (Å²) in [6.07, 6.45) is -4.68. The van der Waals surface area contributed by atoms with Crippen molar-refractivity contribution in [3.63, 3.8) is 0 Å². The number of nitro groups is 2. The summed E-state index contributed by atoms with van der Waals surface area (Å²) >= 11 is 10.8. The molecule has 12 heteroatoms. The molecule has 0 saturated heterocycles. The summed E-state index contributed by atoms with van der Waals surface area (Å²) in [7, 11) is 0. The molecule has 0 aliphatic carbocycles. The maximum Gasteiger partial charge on any atom is 0.418 e. The number of nitro benzene ring substituents is 2. The molecule has 0 fully saturated rings. The standard InChI is InChI=1S/C7H3ClF3NO2.C7H3ClN2O2/c8-6-2-1-4(12(13)14)3-5(6)7(9,10)11;8-6-2-1-3-7(10(11)12)5(6)4-9/h1-3H;1-3H. The number of alkyl halides is 3. The SMILES string of the molecule is N#Cc1c(Cl)cccc1[N+](=O)[O-].O=[N+]([O-])c1ccc(Cl)c(C(F)(F)F)c1. The first-order valence-electron chi connectivity index (χ1n) is 6.33. The molecule has 2 rings (SSSR count). The summed E-state index contributed by atoms with van der Waals surface area (Å²) in [5, 5.41) is 28.6. The molecule has 136 valence electrons. The molecule has 0 radical (unpaired) electrons. The Balaban J connectivity index is 0.000000263. The fourth-order valence-corrected chi connectivity index (χ4v) is 2.06. The molecule has 0 aliphatic heterocycles. The maximum absolute atomic E-state index is 12.2. The lowest BCUT2D eigenvalue weighted by molar-refractivity contribution is -0.385. The minimum absolute atomic E-state index is 0.0934. The quantitative estimate of drug-likeness (QED) is 0.489. The van der Waals surface area contributed by atoms with Crippen molar-refractivity contribution in [3.05, 3.63) is 77.8 Å². The molecule has 26 heavy (non-hydrogen) atoms. The van der Waals surface area contributed by atoms with Gasteiger partial charge in [-0.2, -0.15) is 18.4 Å². The highest BCUT2D eigenvalue weighted by Crippen LogP contribution is 2.36. The summed E-state index contributed by atoms with van der Waals surface area (Å²) in [6, 6.07) is 7.95. The van der Waals surface area contributed by atoms with Gasteiger partial charge < -0.3 is 0 Å². The normalized spacial score (nSPS) is 10.3. The van der Waals surface area contributed by atoms with Gasteiger partial charge in [0.15, 0.2) is 0 Å². The van der Waals surface area contributed by atoms with Gasteiger partial charge in [0.05, 0.1) is 25.5 Å². The second-order valence-corrected chi connectivity index (χ2v) is 5.24. The fourth-order valence-electron chi connectivity index (χ4n) is 1.62. The molecule has 0 aromatic heterocycles. The second-order valence-electron chi connectivity index (χ2n) is 4.42. The van der Waals surface area contributed by atoms with Crippen molar-refractivity contribution in [2.45, 2.75) is 6.18 Å². The van der Waals surface area contributed by atoms with Gasteiger partial charge in [0.25, 0.3) is 11.4 Å². The molecule has 2 aromatic carbocycles. The highest BCUT2D eigenvalue weighted by molar-refractivity contribution is 6.32. The molecule has 0 atom stereocenters. The number of nitriles is 1. The molecule has 0 bridgehead atoms. The van der Waals surface area contributed by atoms with Crippen LogP contribution in [0.1, 0.15) is 11.1 Å². The first-order valence-corrected chi connectivity index (χ1v) is 7.08. The minimum Gasteiger partial charge on any atom is -0.258 e. The van der Waals surface area contributed by atoms with Gasteiger partial charge in [-0.3, -0.25) is 20.2 Å². The molecule has 0 heterocycles. The zero-order valence-electron chi connectivity index (χ0n) is 12.3. The minimum atomic E-state index is -4.68. The number of hydrogen-bond donors (Lipinski definition) is 0. The fraction of sp³-hybridized carbons (Fsp3) is 0.0714. The molecular formula is C14H6Cl2F3N3O4. The van der Waals surface area contributed by atoms with Crippen molar-refractivity contribution in [2.75, 3.05) is 0 Å². The lowest BCUT2D eigenvalue weighted by Crippen LogP contribution is -2.06. The zero-order valence-corrected chi connectivity index (χ0v) is 13.8. The van der Waals surface area contributed by atoms with Gasteiger partial charge in [-0.1, -0.05) is 29.3 Å². The van der Waals surface area contributed by atoms with E-state index in [-0.39, 0.29) is 16.3 Å². The zero-order chi connectivity index (χ0) is 20.1. The average molecular weight is 408 g/mol. The number of non-ortho nitro benzene ring substituents is 1. The molecule has 0 N–H and O–H groups in total. The van der Waals surface area contributed by atoms with Crippen LogP contribution in [0.3, 0.4) is 0 Å². The molecule has 0 unspecified atom stereocenters. The number of rotatable bonds is 2. The van der Waals surface area contributed by atoms with Crippen LogP contribution in [-0.4, -0.2) is 9.85 Å². The van der Waals surface area contributed by atoms with E-state index in [2.05, 4.69) is 0 Å². The highest BCUT2D eigenvalue weighted by atomic mass is 35.5. The van der Waals surface area contributed by atoms with Crippen LogP contribution in [0.5, 0.6) is 0 Å². The van der Waals surface area contributed by atoms with Gasteiger partial charge in [0.2, 0.25) is 0 Å². The molecule has 2 aromatic rings. The van der Waals surface area contributed by atoms with Crippen LogP contribution in [0.25, 0.3) is 0 Å². The van der Waals surface area contributed by atoms with E-state index < -0.39 is 32.3 Å². The Morgan fingerprint density at radius 1 is 1.00 bits per heavy atom. The molecule has 0 spiro atoms. The van der Waals surface area contributed by atoms with Crippen LogP contribution in [0.2, 0.25) is 10.0 Å². The van der Waals surface area contributed by atoms with E-state index >= 15 is 0 Å². The summed E-state index contributed by atoms with van der Waals surface area (Å²) in [4.78, 5) is 19.0. The van der Waals surface area contributed by atoms with E-state index in [0.717, 1.165) is 12.1 Å². The Kier molecular flexibility index (Phi) is 6.88. The predicted molar refractivity (Wildman–Crippen MR) is 85.9 cm³/mol. The van der Waals surface area contributed by atoms with Gasteiger partial charge in [-0.25, -0.2) is 0 Å². The van der Waals surface area contributed by atoms with E-state index in [4.69, 9.17) is 28.5 Å². The van der Waals surface area contributed by atoms with Gasteiger partial charge in [-0.05, 0) is 12.1 Å². The lowest BCUT2D eigenvalue weighted by Gasteiger charge is -2.07. The summed E-state index contributed by atoms with van der Waals surface area (Å²) in [6.45, 7) is 0. The number of halogens is 5. The molecule has 0 saturated carbocycles. The van der Waals surface area contributed by atoms with E-state index in [1.807, 2.05) is 0 Å². The summed E-state index contributed by atoms with van der Waals surface area (Å²) in [5.74, 6) is 0. The Bertz CT molecular complexity index is 898. The Labute approximate surface area is 153 Å². The van der Waals surface area contributed by atoms with E-state index in [1.165, 1.54) is 18.2 Å². The third-order valence-electron chi connectivity index (χ3n) is 2.77. The van der Waals surface area contributed by atoms with Crippen molar-refractivity contribution in [2.24, 2.45) is 0 Å². The lowest BCUT2D eigenvalue weighted by atomic mass is 10.2. The number of benzene rings is 2. The van der Waals surface area contributed by atoms with Gasteiger partial charge in [0, 0.05) is 18.2 Å². The average Bonchev–Trinajstić information content (AvgIpc) is 2.54. The molecule has 7 nitrogen and oxygen atoms in total. The van der Waals surface area contributed by atoms with Crippen molar-refractivity contribution in [1.82, 2.24) is 0 Å². The molecule has 0 aliphatic rings. The Morgan fingerprint density at radius 2 is 1.62 bits per heavy atom. The van der Waals surface area contributed by atoms with Crippen molar-refractivity contribution < 1.29 is 23.0 Å². The smallest absolute Gasteiger partial charge is 0.258 e. The molecule has 0 amide bonds. The number of nitrogens with zero attached hydrogens (tertiary/aromatic N) is 3. The molecular weight excluding hydrogens is 402 g/mol. The highest BCUT2D eigenvalue weighted by Gasteiger charge is 2.34. The summed E-state index contributed by atoms with van der Waals surface area (Å²) < 4.78 is 36.6. The number of hydrogen-bond acceptors (Lipinski definition) is 5. The van der Waals surface area contributed by atoms with E-state index in [0.29, 0.717) is 6.07 Å². The van der Waals surface area contributed by atoms with Crippen LogP contribution in [0.15, 0.2) is 36.4 Å². The second kappa shape index (κ2) is 8.46. The third-order valence-corrected chi connectivity index (χ3v) is 3.41. The van der Waals surface area contributed by atoms with Crippen molar-refractivity contribution in [1.29, 1.82) is 5.26 Å². The van der Waals surface area contributed by atoms with Crippen LogP contribution in [0, 0.1) is 31.6 Å². The third kappa shape index (κ3) is 5.30. The largest absolute Gasteiger partial charge is 0.418 e. The topological polar surface area (TPSA) is 110 Å². The Hall–Kier alpha value is -2.90. The monoisotopic (exact) mass is 407 g/mol. The maximum atomic E-state index is 12.2. The van der Waals surface area contributed by atoms with Gasteiger partial charge in [0.1, 0.15) is 11.6 Å². The van der Waals surface area contributed by atoms with Gasteiger partial charge >= 0.3 is 6.18 Å². The van der Waals surface area contributed by atoms with E-state index in [9.17, 15) is 33.4 Å². The summed E-state index contributed by atoms with van der Waals surface area (Å²) in [5.41, 5.74) is -2.19. The van der Waals surface area contributed by atoms with Crippen LogP contribution < -0.4 is 0 Å². The Morgan fingerprint density at radius 3 is 2.04 bits per heavy atom. The first-order chi connectivity index (χ1) is 12.0. The van der Waals surface area contributed by atoms with Crippen molar-refractivity contribution in [3.8, 4) is 6.07 Å². The first kappa shape index (κ1) is 21.1. The van der Waals surface area contributed by atoms with Crippen LogP contribution in [-0.2, 0) is 6.18 Å². The van der Waals surface area contributed by atoms with Crippen LogP contribution >= 0.6 is 23.2 Å². The van der Waals surface area contributed by atoms with Crippen LogP contribution in [0.4, 0.5) is 24.5 Å². The van der Waals surface area contributed by atoms with E-state index in [1.54, 1.807) is 6.07 Å². The van der Waals surface area contributed by atoms with Crippen molar-refractivity contribution >= 4 is 34.6 Å².